The van der Waals surface area contributed by atoms with Crippen LogP contribution in [0.3, 0.4) is 0 Å². The minimum atomic E-state index is -3.86. The number of hydrogen-bond acceptors (Lipinski definition) is 6. The normalized spacial score (nSPS) is 16.4. The molecule has 3 N–H and O–H groups in total. The van der Waals surface area contributed by atoms with Crippen LogP contribution in [-0.4, -0.2) is 37.3 Å². The average Bonchev–Trinajstić information content (AvgIpc) is 3.03. The Morgan fingerprint density at radius 1 is 1.37 bits per heavy atom. The molecule has 3 rings (SSSR count). The van der Waals surface area contributed by atoms with E-state index < -0.39 is 15.9 Å². The molecule has 1 aromatic heterocycles. The molecule has 0 spiro atoms. The summed E-state index contributed by atoms with van der Waals surface area (Å²) in [7, 11) is -3.86. The van der Waals surface area contributed by atoms with Gasteiger partial charge in [-0.1, -0.05) is 13.0 Å². The molecule has 9 heteroatoms. The molecule has 146 valence electrons. The zero-order valence-electron chi connectivity index (χ0n) is 15.4. The van der Waals surface area contributed by atoms with Crippen LogP contribution in [-0.2, 0) is 16.6 Å². The Labute approximate surface area is 163 Å². The van der Waals surface area contributed by atoms with E-state index in [4.69, 9.17) is 5.14 Å². The second kappa shape index (κ2) is 8.05. The van der Waals surface area contributed by atoms with E-state index in [-0.39, 0.29) is 10.5 Å². The Morgan fingerprint density at radius 2 is 2.07 bits per heavy atom. The van der Waals surface area contributed by atoms with E-state index in [2.05, 4.69) is 22.1 Å². The first kappa shape index (κ1) is 19.9. The monoisotopic (exact) mass is 408 g/mol. The van der Waals surface area contributed by atoms with Gasteiger partial charge in [0.1, 0.15) is 0 Å². The summed E-state index contributed by atoms with van der Waals surface area (Å²) in [6, 6.07) is 4.26. The molecule has 1 amide bonds. The third-order valence-electron chi connectivity index (χ3n) is 4.82. The molecule has 1 fully saturated rings. The van der Waals surface area contributed by atoms with Gasteiger partial charge < -0.3 is 0 Å². The van der Waals surface area contributed by atoms with Gasteiger partial charge in [-0.05, 0) is 56.5 Å². The molecule has 0 radical (unpaired) electrons. The minimum absolute atomic E-state index is 0.0857. The third-order valence-corrected chi connectivity index (χ3v) is 6.53. The maximum absolute atomic E-state index is 12.6. The van der Waals surface area contributed by atoms with Gasteiger partial charge in [-0.3, -0.25) is 15.0 Å². The molecule has 2 aromatic rings. The number of carbonyl (C=O) groups is 1. The minimum Gasteiger partial charge on any atom is -0.298 e. The van der Waals surface area contributed by atoms with Crippen LogP contribution in [0.2, 0.25) is 0 Å². The second-order valence-corrected chi connectivity index (χ2v) is 9.50. The standard InChI is InChI=1S/C18H24N4O3S2/c1-12-5-7-22(8-6-12)10-14-11-26-18(20-14)21-17(23)16-9-15(27(19,24)25)4-3-13(16)2/h3-4,9,11-12H,5-8,10H2,1-2H3,(H2,19,24,25)(H,20,21,23). The molecule has 1 aromatic carbocycles. The number of aromatic nitrogens is 1. The van der Waals surface area contributed by atoms with Crippen LogP contribution >= 0.6 is 11.3 Å². The van der Waals surface area contributed by atoms with E-state index in [1.165, 1.54) is 36.3 Å². The van der Waals surface area contributed by atoms with Crippen LogP contribution < -0.4 is 10.5 Å². The van der Waals surface area contributed by atoms with Gasteiger partial charge in [0.05, 0.1) is 10.6 Å². The molecule has 2 heterocycles. The number of nitrogens with two attached hydrogens (primary N) is 1. The first-order chi connectivity index (χ1) is 12.7. The Bertz CT molecular complexity index is 932. The van der Waals surface area contributed by atoms with Crippen molar-refractivity contribution >= 4 is 32.4 Å². The number of benzene rings is 1. The van der Waals surface area contributed by atoms with Crippen molar-refractivity contribution in [2.75, 3.05) is 18.4 Å². The Balaban J connectivity index is 1.68. The lowest BCUT2D eigenvalue weighted by atomic mass is 9.99. The Morgan fingerprint density at radius 3 is 2.74 bits per heavy atom. The number of amides is 1. The van der Waals surface area contributed by atoms with Crippen LogP contribution in [0, 0.1) is 12.8 Å². The number of carbonyl (C=O) groups excluding carboxylic acids is 1. The predicted molar refractivity (Wildman–Crippen MR) is 106 cm³/mol. The molecule has 7 nitrogen and oxygen atoms in total. The highest BCUT2D eigenvalue weighted by Crippen LogP contribution is 2.22. The number of rotatable bonds is 5. The van der Waals surface area contributed by atoms with E-state index in [1.807, 2.05) is 5.38 Å². The summed E-state index contributed by atoms with van der Waals surface area (Å²) >= 11 is 1.36. The van der Waals surface area contributed by atoms with Crippen molar-refractivity contribution in [3.8, 4) is 0 Å². The number of hydrogen-bond donors (Lipinski definition) is 2. The summed E-state index contributed by atoms with van der Waals surface area (Å²) in [5.41, 5.74) is 1.86. The van der Waals surface area contributed by atoms with E-state index in [0.29, 0.717) is 10.7 Å². The second-order valence-electron chi connectivity index (χ2n) is 7.08. The summed E-state index contributed by atoms with van der Waals surface area (Å²) in [6.07, 6.45) is 2.40. The number of primary sulfonamides is 1. The molecule has 1 aliphatic rings. The zero-order valence-corrected chi connectivity index (χ0v) is 17.1. The first-order valence-corrected chi connectivity index (χ1v) is 11.3. The molecule has 0 unspecified atom stereocenters. The van der Waals surface area contributed by atoms with Crippen molar-refractivity contribution in [2.24, 2.45) is 11.1 Å². The van der Waals surface area contributed by atoms with Gasteiger partial charge in [-0.2, -0.15) is 0 Å². The number of sulfonamides is 1. The maximum Gasteiger partial charge on any atom is 0.257 e. The molecule has 1 saturated heterocycles. The summed E-state index contributed by atoms with van der Waals surface area (Å²) < 4.78 is 23.0. The lowest BCUT2D eigenvalue weighted by Gasteiger charge is -2.29. The lowest BCUT2D eigenvalue weighted by Crippen LogP contribution is -2.32. The largest absolute Gasteiger partial charge is 0.298 e. The Kier molecular flexibility index (Phi) is 5.95. The Hall–Kier alpha value is -1.81. The molecular formula is C18H24N4O3S2. The highest BCUT2D eigenvalue weighted by atomic mass is 32.2. The summed E-state index contributed by atoms with van der Waals surface area (Å²) in [4.78, 5) is 19.3. The lowest BCUT2D eigenvalue weighted by molar-refractivity contribution is 0.102. The van der Waals surface area contributed by atoms with Crippen molar-refractivity contribution in [1.29, 1.82) is 0 Å². The highest BCUT2D eigenvalue weighted by Gasteiger charge is 2.18. The van der Waals surface area contributed by atoms with Gasteiger partial charge in [-0.15, -0.1) is 11.3 Å². The van der Waals surface area contributed by atoms with Crippen molar-refractivity contribution in [3.05, 3.63) is 40.4 Å². The van der Waals surface area contributed by atoms with E-state index in [9.17, 15) is 13.2 Å². The summed E-state index contributed by atoms with van der Waals surface area (Å²) in [5, 5.41) is 10.4. The van der Waals surface area contributed by atoms with E-state index in [0.717, 1.165) is 31.2 Å². The molecule has 0 saturated carbocycles. The summed E-state index contributed by atoms with van der Waals surface area (Å²) in [6.45, 7) is 6.94. The smallest absolute Gasteiger partial charge is 0.257 e. The van der Waals surface area contributed by atoms with Gasteiger partial charge in [0.2, 0.25) is 10.0 Å². The molecule has 27 heavy (non-hydrogen) atoms. The topological polar surface area (TPSA) is 105 Å². The molecular weight excluding hydrogens is 384 g/mol. The van der Waals surface area contributed by atoms with Crippen LogP contribution in [0.1, 0.15) is 41.4 Å². The number of nitrogens with one attached hydrogen (secondary N) is 1. The SMILES string of the molecule is Cc1ccc(S(N)(=O)=O)cc1C(=O)Nc1nc(CN2CCC(C)CC2)cs1. The van der Waals surface area contributed by atoms with E-state index in [1.54, 1.807) is 13.0 Å². The van der Waals surface area contributed by atoms with Crippen molar-refractivity contribution < 1.29 is 13.2 Å². The summed E-state index contributed by atoms with van der Waals surface area (Å²) in [5.74, 6) is 0.383. The molecule has 0 atom stereocenters. The fourth-order valence-corrected chi connectivity index (χ4v) is 4.31. The van der Waals surface area contributed by atoms with Gasteiger partial charge >= 0.3 is 0 Å². The molecule has 1 aliphatic heterocycles. The van der Waals surface area contributed by atoms with Crippen molar-refractivity contribution in [1.82, 2.24) is 9.88 Å². The zero-order chi connectivity index (χ0) is 19.6. The van der Waals surface area contributed by atoms with E-state index >= 15 is 0 Å². The maximum atomic E-state index is 12.6. The number of thiazole rings is 1. The first-order valence-electron chi connectivity index (χ1n) is 8.84. The number of aryl methyl sites for hydroxylation is 1. The number of anilines is 1. The highest BCUT2D eigenvalue weighted by molar-refractivity contribution is 7.89. The molecule has 0 bridgehead atoms. The van der Waals surface area contributed by atoms with Gasteiger partial charge in [-0.25, -0.2) is 18.5 Å². The van der Waals surface area contributed by atoms with Crippen molar-refractivity contribution in [2.45, 2.75) is 38.1 Å². The van der Waals surface area contributed by atoms with Gasteiger partial charge in [0.15, 0.2) is 5.13 Å². The number of piperidine rings is 1. The van der Waals surface area contributed by atoms with Crippen LogP contribution in [0.15, 0.2) is 28.5 Å². The average molecular weight is 409 g/mol. The van der Waals surface area contributed by atoms with Gasteiger partial charge in [0.25, 0.3) is 5.91 Å². The number of likely N-dealkylation sites (tertiary alicyclic amines) is 1. The number of nitrogens with zero attached hydrogens (tertiary/aromatic N) is 2. The van der Waals surface area contributed by atoms with Gasteiger partial charge in [0, 0.05) is 17.5 Å². The molecule has 0 aliphatic carbocycles. The van der Waals surface area contributed by atoms with Crippen LogP contribution in [0.5, 0.6) is 0 Å². The fraction of sp³-hybridized carbons (Fsp3) is 0.444. The predicted octanol–water partition coefficient (Wildman–Crippen LogP) is 2.58. The third kappa shape index (κ3) is 5.13. The van der Waals surface area contributed by atoms with Crippen LogP contribution in [0.4, 0.5) is 5.13 Å². The van der Waals surface area contributed by atoms with Crippen molar-refractivity contribution in [3.63, 3.8) is 0 Å². The quantitative estimate of drug-likeness (QED) is 0.791. The van der Waals surface area contributed by atoms with Crippen LogP contribution in [0.25, 0.3) is 0 Å². The fourth-order valence-electron chi connectivity index (χ4n) is 3.07.